The fourth-order valence-corrected chi connectivity index (χ4v) is 11.8. The zero-order chi connectivity index (χ0) is 71.4. The molecular formula is C76H100Cl4N8O14S2. The molecule has 0 radical (unpaired) electrons. The van der Waals surface area contributed by atoms with E-state index in [9.17, 15) is 38.4 Å². The molecule has 0 spiro atoms. The molecule has 0 aliphatic carbocycles. The smallest absolute Gasteiger partial charge is 0.435 e. The quantitative estimate of drug-likeness (QED) is 0.0163. The first-order chi connectivity index (χ1) is 46.5. The van der Waals surface area contributed by atoms with Crippen molar-refractivity contribution in [3.8, 4) is 33.8 Å². The highest BCUT2D eigenvalue weighted by molar-refractivity contribution is 7.59. The van der Waals surface area contributed by atoms with Crippen LogP contribution in [0.2, 0.25) is 20.1 Å². The molecule has 0 unspecified atom stereocenters. The minimum Gasteiger partial charge on any atom is -0.490 e. The van der Waals surface area contributed by atoms with Crippen molar-refractivity contribution in [2.45, 2.75) is 146 Å². The van der Waals surface area contributed by atoms with Crippen LogP contribution in [-0.2, 0) is 51.0 Å². The molecule has 0 saturated carbocycles. The molecule has 4 amide bonds. The summed E-state index contributed by atoms with van der Waals surface area (Å²) in [6.07, 6.45) is -0.833. The Bertz CT molecular complexity index is 3910. The first kappa shape index (κ1) is 93.5. The molecule has 6 N–H and O–H groups in total. The van der Waals surface area contributed by atoms with Gasteiger partial charge in [-0.2, -0.15) is 32.0 Å². The first-order valence-electron chi connectivity index (χ1n) is 31.5. The molecule has 104 heavy (non-hydrogen) atoms. The molecule has 2 aliphatic heterocycles. The molecule has 0 fully saturated rings. The van der Waals surface area contributed by atoms with E-state index in [1.807, 2.05) is 89.8 Å². The van der Waals surface area contributed by atoms with E-state index in [4.69, 9.17) is 86.0 Å². The number of ether oxygens (including phenoxy) is 6. The number of nitrogens with two attached hydrogens (primary N) is 1. The lowest BCUT2D eigenvalue weighted by Crippen LogP contribution is -2.42. The van der Waals surface area contributed by atoms with Gasteiger partial charge in [0.15, 0.2) is 0 Å². The highest BCUT2D eigenvalue weighted by Crippen LogP contribution is 2.37. The van der Waals surface area contributed by atoms with Gasteiger partial charge in [0.25, 0.3) is 11.8 Å². The third kappa shape index (κ3) is 28.5. The minimum absolute atomic E-state index is 0. The van der Waals surface area contributed by atoms with Gasteiger partial charge in [-0.05, 0) is 136 Å². The van der Waals surface area contributed by atoms with E-state index in [1.54, 1.807) is 77.9 Å². The monoisotopic (exact) mass is 1550 g/mol. The zero-order valence-corrected chi connectivity index (χ0v) is 61.8. The SMILES string of the molecule is C.C.C.C.COC(=O)[C@H](CCC(=O)CCN1CCOc2ccc(CC(=N)N)cc21)NC(=O)c1c(Cl)cc(-c2ccccc2)cc1Cl.COC(=O)[C@H](CCC(=O)CCN1CCOc2ccc(CC(=NC(=O)OC(C)(C)C)NC(=O)OC(C)(C)C)cc21)NC(=O)c1c(Cl)cc(-c2ccccc2)cc1Cl.S.S. The summed E-state index contributed by atoms with van der Waals surface area (Å²) in [7, 11) is 2.41. The maximum atomic E-state index is 13.3. The average Bonchev–Trinajstić information content (AvgIpc) is 0.824. The van der Waals surface area contributed by atoms with Crippen molar-refractivity contribution in [3.63, 3.8) is 0 Å². The summed E-state index contributed by atoms with van der Waals surface area (Å²) >= 11 is 25.9. The van der Waals surface area contributed by atoms with Crippen molar-refractivity contribution in [1.29, 1.82) is 5.41 Å². The Hall–Kier alpha value is -8.52. The summed E-state index contributed by atoms with van der Waals surface area (Å²) in [6.45, 7) is 13.0. The highest BCUT2D eigenvalue weighted by Gasteiger charge is 2.30. The maximum Gasteiger partial charge on any atom is 0.435 e. The Balaban J connectivity index is 0.00000102. The second-order valence-corrected chi connectivity index (χ2v) is 26.6. The zero-order valence-electron chi connectivity index (χ0n) is 56.7. The summed E-state index contributed by atoms with van der Waals surface area (Å²) in [5.74, 6) is -1.54. The van der Waals surface area contributed by atoms with E-state index >= 15 is 0 Å². The number of nitrogens with one attached hydrogen (secondary N) is 4. The number of carbonyl (C=O) groups is 8. The molecule has 2 aliphatic rings. The topological polar surface area (TPSA) is 297 Å². The van der Waals surface area contributed by atoms with E-state index in [2.05, 4.69) is 25.8 Å². The van der Waals surface area contributed by atoms with Crippen LogP contribution in [0, 0.1) is 5.41 Å². The van der Waals surface area contributed by atoms with Gasteiger partial charge in [-0.1, -0.05) is 149 Å². The molecule has 8 rings (SSSR count). The number of methoxy groups -OCH3 is 2. The van der Waals surface area contributed by atoms with Gasteiger partial charge in [-0.3, -0.25) is 29.9 Å². The van der Waals surface area contributed by atoms with Crippen LogP contribution < -0.4 is 41.0 Å². The molecular weight excluding hydrogens is 1450 g/mol. The first-order valence-corrected chi connectivity index (χ1v) is 33.0. The summed E-state index contributed by atoms with van der Waals surface area (Å²) in [5.41, 5.74) is 10.4. The third-order valence-electron chi connectivity index (χ3n) is 15.1. The van der Waals surface area contributed by atoms with E-state index in [0.717, 1.165) is 33.5 Å². The second kappa shape index (κ2) is 43.7. The molecule has 0 aromatic heterocycles. The predicted molar refractivity (Wildman–Crippen MR) is 426 cm³/mol. The number of esters is 2. The summed E-state index contributed by atoms with van der Waals surface area (Å²) in [6, 6.07) is 34.2. The Morgan fingerprint density at radius 1 is 0.538 bits per heavy atom. The van der Waals surface area contributed by atoms with E-state index in [0.29, 0.717) is 68.6 Å². The number of benzene rings is 6. The van der Waals surface area contributed by atoms with Crippen LogP contribution in [0.1, 0.15) is 142 Å². The minimum atomic E-state index is -1.13. The molecule has 22 nitrogen and oxygen atoms in total. The molecule has 6 aromatic carbocycles. The lowest BCUT2D eigenvalue weighted by atomic mass is 10.0. The lowest BCUT2D eigenvalue weighted by molar-refractivity contribution is -0.144. The normalized spacial score (nSPS) is 12.5. The fourth-order valence-electron chi connectivity index (χ4n) is 10.5. The largest absolute Gasteiger partial charge is 0.490 e. The van der Waals surface area contributed by atoms with Gasteiger partial charge in [0, 0.05) is 51.6 Å². The van der Waals surface area contributed by atoms with Gasteiger partial charge in [0.05, 0.1) is 75.7 Å². The van der Waals surface area contributed by atoms with Gasteiger partial charge in [0.2, 0.25) is 0 Å². The number of halogens is 4. The molecule has 568 valence electrons. The number of carbonyl (C=O) groups excluding carboxylic acids is 8. The Morgan fingerprint density at radius 3 is 1.27 bits per heavy atom. The van der Waals surface area contributed by atoms with Crippen LogP contribution in [0.15, 0.2) is 126 Å². The van der Waals surface area contributed by atoms with Crippen molar-refractivity contribution in [2.24, 2.45) is 10.7 Å². The van der Waals surface area contributed by atoms with Crippen LogP contribution in [-0.4, -0.2) is 136 Å². The van der Waals surface area contributed by atoms with Crippen LogP contribution in [0.3, 0.4) is 0 Å². The van der Waals surface area contributed by atoms with Crippen LogP contribution in [0.25, 0.3) is 22.3 Å². The molecule has 0 bridgehead atoms. The van der Waals surface area contributed by atoms with E-state index in [-0.39, 0.29) is 156 Å². The Morgan fingerprint density at radius 2 is 0.913 bits per heavy atom. The summed E-state index contributed by atoms with van der Waals surface area (Å²) in [5, 5.41) is 15.9. The number of hydrogen-bond acceptors (Lipinski definition) is 17. The van der Waals surface area contributed by atoms with Crippen molar-refractivity contribution in [2.75, 3.05) is 63.4 Å². The van der Waals surface area contributed by atoms with E-state index in [1.165, 1.54) is 14.2 Å². The van der Waals surface area contributed by atoms with Gasteiger partial charge < -0.3 is 54.6 Å². The van der Waals surface area contributed by atoms with Gasteiger partial charge in [0.1, 0.15) is 65.4 Å². The molecule has 0 saturated heterocycles. The second-order valence-electron chi connectivity index (χ2n) is 24.9. The number of aliphatic imine (C=N–C) groups is 1. The number of rotatable bonds is 24. The lowest BCUT2D eigenvalue weighted by Gasteiger charge is -2.31. The molecule has 2 heterocycles. The van der Waals surface area contributed by atoms with Gasteiger partial charge in [-0.15, -0.1) is 0 Å². The number of alkyl carbamates (subject to hydrolysis) is 1. The molecule has 6 aromatic rings. The summed E-state index contributed by atoms with van der Waals surface area (Å²) in [4.78, 5) is 111. The van der Waals surface area contributed by atoms with Crippen molar-refractivity contribution < 1.29 is 66.8 Å². The van der Waals surface area contributed by atoms with Crippen molar-refractivity contribution in [3.05, 3.63) is 164 Å². The average molecular weight is 1560 g/mol. The Labute approximate surface area is 645 Å². The van der Waals surface area contributed by atoms with Crippen LogP contribution in [0.5, 0.6) is 11.5 Å². The summed E-state index contributed by atoms with van der Waals surface area (Å²) < 4.78 is 32.1. The number of anilines is 2. The number of nitrogens with zero attached hydrogens (tertiary/aromatic N) is 3. The molecule has 2 atom stereocenters. The Kier molecular flexibility index (Phi) is 39.3. The van der Waals surface area contributed by atoms with Crippen LogP contribution in [0.4, 0.5) is 21.0 Å². The van der Waals surface area contributed by atoms with Crippen LogP contribution >= 0.6 is 73.4 Å². The van der Waals surface area contributed by atoms with Crippen molar-refractivity contribution in [1.82, 2.24) is 16.0 Å². The molecule has 28 heteroatoms. The number of amidine groups is 2. The van der Waals surface area contributed by atoms with E-state index < -0.39 is 59.2 Å². The third-order valence-corrected chi connectivity index (χ3v) is 16.3. The van der Waals surface area contributed by atoms with Gasteiger partial charge in [-0.25, -0.2) is 19.2 Å². The number of fused-ring (bicyclic) bond motifs is 2. The standard InChI is InChI=1S/C41H48Cl2N4O9.C31H32Cl2N4O5.4CH4.2H2S/c1-40(2,3)55-38(51)45-34(46-39(52)56-41(4,5)6)22-25-13-16-33-32(21-25)47(19-20-54-33)18-17-28(48)14-15-31(37(50)53-7)44-36(49)35-29(42)23-27(24-30(35)43)26-11-9-8-10-12-26;1-41-31(40)25(36-30(39)29-23(32)17-21(18-24(29)33)20-5-3-2-4-6-20)9-8-22(38)11-12-37-13-14-42-27-10-7-19(15-26(27)37)16-28(34)35;;;;;;/h8-13,16,21,23-24,31H,14-15,17-20,22H2,1-7H3,(H,44,49)(H,45,46,51,52);2-7,10,15,17-18,25H,8-9,11-14,16H2,1H3,(H3,34,35)(H,36,39);4*1H4;2*1H2/t31-;25-;;;;;;/m00....../s1. The van der Waals surface area contributed by atoms with Gasteiger partial charge >= 0.3 is 24.1 Å². The van der Waals surface area contributed by atoms with Crippen molar-refractivity contribution >= 4 is 144 Å². The predicted octanol–water partition coefficient (Wildman–Crippen LogP) is 15.8. The number of hydrogen-bond donors (Lipinski definition) is 5. The number of Topliss-reactive ketones (excluding diaryl/α,β-unsaturated/α-hetero) is 2. The fraction of sp³-hybridized carbons (Fsp3) is 0.395. The highest BCUT2D eigenvalue weighted by atomic mass is 35.5. The maximum absolute atomic E-state index is 13.3. The number of ketones is 2. The number of amides is 4.